The molecule has 1 amide bonds. The lowest BCUT2D eigenvalue weighted by atomic mass is 9.93. The summed E-state index contributed by atoms with van der Waals surface area (Å²) in [6, 6.07) is 0. The first-order chi connectivity index (χ1) is 9.42. The highest BCUT2D eigenvalue weighted by Crippen LogP contribution is 2.20. The molecule has 1 saturated heterocycles. The number of carboxylic acid groups (broad SMARTS) is 1. The molecule has 0 unspecified atom stereocenters. The second kappa shape index (κ2) is 8.04. The Morgan fingerprint density at radius 1 is 1.35 bits per heavy atom. The van der Waals surface area contributed by atoms with E-state index in [4.69, 9.17) is 5.11 Å². The molecule has 0 saturated carbocycles. The van der Waals surface area contributed by atoms with Crippen LogP contribution in [0.25, 0.3) is 0 Å². The molecule has 0 aromatic rings. The average Bonchev–Trinajstić information content (AvgIpc) is 2.37. The molecule has 1 aliphatic heterocycles. The Labute approximate surface area is 121 Å². The standard InChI is InChI=1S/C15H26N2O3/c1-4-17(10-12(2)3)14(18)11-16-7-5-13(6-8-16)9-15(19)20/h13H,2,4-11H2,1,3H3,(H,19,20). The van der Waals surface area contributed by atoms with Crippen LogP contribution in [0.15, 0.2) is 12.2 Å². The van der Waals surface area contributed by atoms with E-state index in [9.17, 15) is 9.59 Å². The van der Waals surface area contributed by atoms with E-state index in [2.05, 4.69) is 11.5 Å². The van der Waals surface area contributed by atoms with Crippen LogP contribution < -0.4 is 0 Å². The maximum atomic E-state index is 12.2. The van der Waals surface area contributed by atoms with Crippen LogP contribution >= 0.6 is 0 Å². The first-order valence-electron chi connectivity index (χ1n) is 7.28. The van der Waals surface area contributed by atoms with Crippen molar-refractivity contribution in [1.82, 2.24) is 9.80 Å². The molecule has 20 heavy (non-hydrogen) atoms. The zero-order valence-corrected chi connectivity index (χ0v) is 12.6. The summed E-state index contributed by atoms with van der Waals surface area (Å²) in [7, 11) is 0. The summed E-state index contributed by atoms with van der Waals surface area (Å²) >= 11 is 0. The van der Waals surface area contributed by atoms with Crippen molar-refractivity contribution >= 4 is 11.9 Å². The lowest BCUT2D eigenvalue weighted by molar-refractivity contribution is -0.139. The Morgan fingerprint density at radius 3 is 2.40 bits per heavy atom. The van der Waals surface area contributed by atoms with Crippen molar-refractivity contribution in [2.24, 2.45) is 5.92 Å². The van der Waals surface area contributed by atoms with Gasteiger partial charge in [0.25, 0.3) is 0 Å². The smallest absolute Gasteiger partial charge is 0.303 e. The quantitative estimate of drug-likeness (QED) is 0.721. The van der Waals surface area contributed by atoms with Gasteiger partial charge in [-0.2, -0.15) is 0 Å². The molecule has 0 aromatic carbocycles. The van der Waals surface area contributed by atoms with Crippen LogP contribution in [-0.2, 0) is 9.59 Å². The Morgan fingerprint density at radius 2 is 1.95 bits per heavy atom. The Bertz CT molecular complexity index is 360. The normalized spacial score (nSPS) is 16.9. The second-order valence-electron chi connectivity index (χ2n) is 5.68. The molecule has 5 nitrogen and oxygen atoms in total. The van der Waals surface area contributed by atoms with Gasteiger partial charge in [-0.15, -0.1) is 0 Å². The maximum Gasteiger partial charge on any atom is 0.303 e. The Balaban J connectivity index is 2.37. The lowest BCUT2D eigenvalue weighted by Crippen LogP contribution is -2.44. The molecule has 0 spiro atoms. The topological polar surface area (TPSA) is 60.9 Å². The van der Waals surface area contributed by atoms with Gasteiger partial charge in [0.05, 0.1) is 6.54 Å². The molecule has 1 rings (SSSR count). The van der Waals surface area contributed by atoms with Gasteiger partial charge in [-0.05, 0) is 45.7 Å². The van der Waals surface area contributed by atoms with Crippen molar-refractivity contribution in [3.05, 3.63) is 12.2 Å². The van der Waals surface area contributed by atoms with Crippen molar-refractivity contribution in [2.45, 2.75) is 33.1 Å². The average molecular weight is 282 g/mol. The molecular formula is C15H26N2O3. The molecule has 114 valence electrons. The number of carbonyl (C=O) groups is 2. The number of carbonyl (C=O) groups excluding carboxylic acids is 1. The van der Waals surface area contributed by atoms with E-state index in [-0.39, 0.29) is 18.2 Å². The van der Waals surface area contributed by atoms with Gasteiger partial charge in [-0.3, -0.25) is 14.5 Å². The van der Waals surface area contributed by atoms with Gasteiger partial charge in [0.15, 0.2) is 0 Å². The number of hydrogen-bond acceptors (Lipinski definition) is 3. The largest absolute Gasteiger partial charge is 0.481 e. The van der Waals surface area contributed by atoms with Crippen LogP contribution in [0.4, 0.5) is 0 Å². The fourth-order valence-corrected chi connectivity index (χ4v) is 2.59. The van der Waals surface area contributed by atoms with Gasteiger partial charge < -0.3 is 10.0 Å². The van der Waals surface area contributed by atoms with Crippen LogP contribution in [-0.4, -0.2) is 59.5 Å². The highest BCUT2D eigenvalue weighted by molar-refractivity contribution is 5.78. The number of carboxylic acids is 1. The summed E-state index contributed by atoms with van der Waals surface area (Å²) in [6.45, 7) is 11.1. The monoisotopic (exact) mass is 282 g/mol. The molecule has 5 heteroatoms. The molecule has 0 radical (unpaired) electrons. The van der Waals surface area contributed by atoms with Crippen molar-refractivity contribution in [3.8, 4) is 0 Å². The summed E-state index contributed by atoms with van der Waals surface area (Å²) in [5.74, 6) is -0.332. The van der Waals surface area contributed by atoms with Crippen LogP contribution in [0.5, 0.6) is 0 Å². The minimum atomic E-state index is -0.724. The van der Waals surface area contributed by atoms with E-state index >= 15 is 0 Å². The number of rotatable bonds is 7. The van der Waals surface area contributed by atoms with Gasteiger partial charge in [-0.25, -0.2) is 0 Å². The van der Waals surface area contributed by atoms with E-state index in [1.54, 1.807) is 0 Å². The fraction of sp³-hybridized carbons (Fsp3) is 0.733. The lowest BCUT2D eigenvalue weighted by Gasteiger charge is -2.32. The number of hydrogen-bond donors (Lipinski definition) is 1. The summed E-state index contributed by atoms with van der Waals surface area (Å²) in [5.41, 5.74) is 0.986. The van der Waals surface area contributed by atoms with Crippen LogP contribution in [0.3, 0.4) is 0 Å². The van der Waals surface area contributed by atoms with Gasteiger partial charge in [-0.1, -0.05) is 12.2 Å². The van der Waals surface area contributed by atoms with Gasteiger partial charge in [0.2, 0.25) is 5.91 Å². The number of likely N-dealkylation sites (N-methyl/N-ethyl adjacent to an activating group) is 1. The molecule has 1 N–H and O–H groups in total. The highest BCUT2D eigenvalue weighted by Gasteiger charge is 2.23. The molecule has 0 aliphatic carbocycles. The highest BCUT2D eigenvalue weighted by atomic mass is 16.4. The molecule has 0 aromatic heterocycles. The number of piperidine rings is 1. The molecule has 1 aliphatic rings. The van der Waals surface area contributed by atoms with Crippen molar-refractivity contribution in [1.29, 1.82) is 0 Å². The molecular weight excluding hydrogens is 256 g/mol. The van der Waals surface area contributed by atoms with E-state index in [1.807, 2.05) is 18.7 Å². The Hall–Kier alpha value is -1.36. The Kier molecular flexibility index (Phi) is 6.71. The van der Waals surface area contributed by atoms with Gasteiger partial charge in [0.1, 0.15) is 0 Å². The van der Waals surface area contributed by atoms with Crippen LogP contribution in [0.1, 0.15) is 33.1 Å². The third kappa shape index (κ3) is 5.74. The van der Waals surface area contributed by atoms with Crippen molar-refractivity contribution in [2.75, 3.05) is 32.7 Å². The maximum absolute atomic E-state index is 12.2. The minimum absolute atomic E-state index is 0.132. The molecule has 1 heterocycles. The zero-order chi connectivity index (χ0) is 15.1. The fourth-order valence-electron chi connectivity index (χ4n) is 2.59. The number of amides is 1. The molecule has 0 bridgehead atoms. The summed E-state index contributed by atoms with van der Waals surface area (Å²) < 4.78 is 0. The predicted octanol–water partition coefficient (Wildman–Crippen LogP) is 1.60. The number of aliphatic carboxylic acids is 1. The minimum Gasteiger partial charge on any atom is -0.481 e. The van der Waals surface area contributed by atoms with Crippen molar-refractivity contribution in [3.63, 3.8) is 0 Å². The first-order valence-corrected chi connectivity index (χ1v) is 7.28. The summed E-state index contributed by atoms with van der Waals surface area (Å²) in [5, 5.41) is 8.78. The van der Waals surface area contributed by atoms with Gasteiger partial charge >= 0.3 is 5.97 Å². The van der Waals surface area contributed by atoms with Crippen LogP contribution in [0.2, 0.25) is 0 Å². The third-order valence-corrected chi connectivity index (χ3v) is 3.72. The van der Waals surface area contributed by atoms with Gasteiger partial charge in [0, 0.05) is 19.5 Å². The second-order valence-corrected chi connectivity index (χ2v) is 5.68. The van der Waals surface area contributed by atoms with Crippen LogP contribution in [0, 0.1) is 5.92 Å². The van der Waals surface area contributed by atoms with Crippen molar-refractivity contribution < 1.29 is 14.7 Å². The summed E-state index contributed by atoms with van der Waals surface area (Å²) in [4.78, 5) is 26.8. The van der Waals surface area contributed by atoms with E-state index < -0.39 is 5.97 Å². The number of likely N-dealkylation sites (tertiary alicyclic amines) is 1. The first kappa shape index (κ1) is 16.7. The molecule has 1 fully saturated rings. The summed E-state index contributed by atoms with van der Waals surface area (Å²) in [6.07, 6.45) is 1.98. The van der Waals surface area contributed by atoms with E-state index in [1.165, 1.54) is 0 Å². The zero-order valence-electron chi connectivity index (χ0n) is 12.6. The van der Waals surface area contributed by atoms with E-state index in [0.717, 1.165) is 31.5 Å². The van der Waals surface area contributed by atoms with E-state index in [0.29, 0.717) is 19.6 Å². The predicted molar refractivity (Wildman–Crippen MR) is 78.5 cm³/mol. The third-order valence-electron chi connectivity index (χ3n) is 3.72. The number of nitrogens with zero attached hydrogens (tertiary/aromatic N) is 2. The molecule has 0 atom stereocenters. The SMILES string of the molecule is C=C(C)CN(CC)C(=O)CN1CCC(CC(=O)O)CC1.